The molecule has 1 rings (SSSR count). The molecule has 5 heteroatoms. The van der Waals surface area contributed by atoms with Crippen molar-refractivity contribution in [1.29, 1.82) is 0 Å². The molecule has 1 aromatic carbocycles. The fourth-order valence-electron chi connectivity index (χ4n) is 1.94. The van der Waals surface area contributed by atoms with Crippen LogP contribution in [-0.2, 0) is 10.0 Å². The summed E-state index contributed by atoms with van der Waals surface area (Å²) in [5.41, 5.74) is 6.15. The lowest BCUT2D eigenvalue weighted by Crippen LogP contribution is -2.44. The van der Waals surface area contributed by atoms with E-state index in [1.54, 1.807) is 25.1 Å². The fraction of sp³-hybridized carbons (Fsp3) is 0.571. The van der Waals surface area contributed by atoms with E-state index in [2.05, 4.69) is 4.72 Å². The summed E-state index contributed by atoms with van der Waals surface area (Å²) >= 11 is 0. The third-order valence-corrected chi connectivity index (χ3v) is 4.81. The Labute approximate surface area is 116 Å². The molecule has 0 aliphatic carbocycles. The highest BCUT2D eigenvalue weighted by Gasteiger charge is 2.29. The Kier molecular flexibility index (Phi) is 5.12. The van der Waals surface area contributed by atoms with Gasteiger partial charge in [-0.3, -0.25) is 0 Å². The van der Waals surface area contributed by atoms with E-state index in [9.17, 15) is 8.42 Å². The molecule has 0 bridgehead atoms. The second kappa shape index (κ2) is 6.03. The van der Waals surface area contributed by atoms with Crippen molar-refractivity contribution in [3.63, 3.8) is 0 Å². The first-order valence-corrected chi connectivity index (χ1v) is 7.95. The molecule has 0 saturated carbocycles. The summed E-state index contributed by atoms with van der Waals surface area (Å²) in [7, 11) is -3.50. The van der Waals surface area contributed by atoms with Crippen LogP contribution in [0.5, 0.6) is 0 Å². The van der Waals surface area contributed by atoms with E-state index in [-0.39, 0.29) is 11.5 Å². The maximum absolute atomic E-state index is 12.4. The molecule has 0 fully saturated rings. The average Bonchev–Trinajstić information content (AvgIpc) is 2.27. The normalized spacial score (nSPS) is 14.4. The zero-order chi connectivity index (χ0) is 14.7. The molecule has 0 heterocycles. The number of rotatable bonds is 5. The van der Waals surface area contributed by atoms with Gasteiger partial charge in [0, 0.05) is 6.04 Å². The molecule has 108 valence electrons. The summed E-state index contributed by atoms with van der Waals surface area (Å²) in [5.74, 6) is 0. The second-order valence-corrected chi connectivity index (χ2v) is 7.57. The highest BCUT2D eigenvalue weighted by Crippen LogP contribution is 2.24. The van der Waals surface area contributed by atoms with E-state index in [1.807, 2.05) is 26.8 Å². The van der Waals surface area contributed by atoms with E-state index in [1.165, 1.54) is 0 Å². The lowest BCUT2D eigenvalue weighted by atomic mass is 9.85. The first-order valence-electron chi connectivity index (χ1n) is 6.46. The topological polar surface area (TPSA) is 72.2 Å². The van der Waals surface area contributed by atoms with Gasteiger partial charge in [0.1, 0.15) is 0 Å². The predicted molar refractivity (Wildman–Crippen MR) is 78.4 cm³/mol. The van der Waals surface area contributed by atoms with Crippen LogP contribution in [0, 0.1) is 12.3 Å². The number of benzene rings is 1. The Morgan fingerprint density at radius 3 is 2.32 bits per heavy atom. The monoisotopic (exact) mass is 284 g/mol. The van der Waals surface area contributed by atoms with Crippen LogP contribution in [0.4, 0.5) is 0 Å². The summed E-state index contributed by atoms with van der Waals surface area (Å²) in [5, 5.41) is 0. The summed E-state index contributed by atoms with van der Waals surface area (Å²) in [6, 6.07) is 6.80. The van der Waals surface area contributed by atoms with Gasteiger partial charge in [-0.25, -0.2) is 13.1 Å². The first kappa shape index (κ1) is 16.1. The second-order valence-electron chi connectivity index (χ2n) is 5.88. The van der Waals surface area contributed by atoms with Crippen molar-refractivity contribution in [2.75, 3.05) is 6.54 Å². The Bertz CT molecular complexity index is 518. The van der Waals surface area contributed by atoms with Crippen molar-refractivity contribution in [2.45, 2.75) is 45.1 Å². The largest absolute Gasteiger partial charge is 0.330 e. The Morgan fingerprint density at radius 2 is 1.84 bits per heavy atom. The number of nitrogens with one attached hydrogen (secondary N) is 1. The minimum atomic E-state index is -3.50. The van der Waals surface area contributed by atoms with E-state index in [0.717, 1.165) is 5.56 Å². The summed E-state index contributed by atoms with van der Waals surface area (Å²) < 4.78 is 27.6. The fourth-order valence-corrected chi connectivity index (χ4v) is 3.67. The van der Waals surface area contributed by atoms with Gasteiger partial charge >= 0.3 is 0 Å². The molecule has 1 unspecified atom stereocenters. The third kappa shape index (κ3) is 4.30. The van der Waals surface area contributed by atoms with Crippen LogP contribution in [0.15, 0.2) is 29.2 Å². The highest BCUT2D eigenvalue weighted by molar-refractivity contribution is 7.89. The predicted octanol–water partition coefficient (Wildman–Crippen LogP) is 2.04. The van der Waals surface area contributed by atoms with Crippen LogP contribution >= 0.6 is 0 Å². The molecular weight excluding hydrogens is 260 g/mol. The van der Waals surface area contributed by atoms with Crippen molar-refractivity contribution in [3.8, 4) is 0 Å². The average molecular weight is 284 g/mol. The molecule has 1 atom stereocenters. The van der Waals surface area contributed by atoms with Crippen LogP contribution in [-0.4, -0.2) is 21.0 Å². The number of aryl methyl sites for hydroxylation is 1. The Hall–Kier alpha value is -0.910. The van der Waals surface area contributed by atoms with E-state index in [0.29, 0.717) is 17.9 Å². The molecular formula is C14H24N2O2S. The van der Waals surface area contributed by atoms with Crippen molar-refractivity contribution in [3.05, 3.63) is 29.8 Å². The summed E-state index contributed by atoms with van der Waals surface area (Å²) in [4.78, 5) is 0.335. The van der Waals surface area contributed by atoms with E-state index < -0.39 is 10.0 Å². The molecule has 0 aliphatic heterocycles. The minimum absolute atomic E-state index is 0.172. The molecule has 3 N–H and O–H groups in total. The van der Waals surface area contributed by atoms with Gasteiger partial charge in [-0.1, -0.05) is 39.0 Å². The van der Waals surface area contributed by atoms with Gasteiger partial charge < -0.3 is 5.73 Å². The summed E-state index contributed by atoms with van der Waals surface area (Å²) in [6.07, 6.45) is 0.620. The minimum Gasteiger partial charge on any atom is -0.330 e. The molecule has 0 radical (unpaired) electrons. The van der Waals surface area contributed by atoms with Gasteiger partial charge in [-0.05, 0) is 36.9 Å². The molecule has 0 aromatic heterocycles. The number of hydrogen-bond donors (Lipinski definition) is 2. The van der Waals surface area contributed by atoms with Crippen molar-refractivity contribution >= 4 is 10.0 Å². The van der Waals surface area contributed by atoms with Gasteiger partial charge in [-0.2, -0.15) is 0 Å². The summed E-state index contributed by atoms with van der Waals surface area (Å²) in [6.45, 7) is 8.27. The lowest BCUT2D eigenvalue weighted by molar-refractivity contribution is 0.287. The van der Waals surface area contributed by atoms with Crippen LogP contribution in [0.1, 0.15) is 32.8 Å². The molecule has 19 heavy (non-hydrogen) atoms. The molecule has 0 aliphatic rings. The maximum atomic E-state index is 12.4. The van der Waals surface area contributed by atoms with Gasteiger partial charge in [-0.15, -0.1) is 0 Å². The van der Waals surface area contributed by atoms with Gasteiger partial charge in [0.25, 0.3) is 0 Å². The van der Waals surface area contributed by atoms with E-state index >= 15 is 0 Å². The third-order valence-electron chi connectivity index (χ3n) is 3.18. The number of nitrogens with two attached hydrogens (primary N) is 1. The van der Waals surface area contributed by atoms with Crippen molar-refractivity contribution in [2.24, 2.45) is 11.1 Å². The number of sulfonamides is 1. The van der Waals surface area contributed by atoms with Gasteiger partial charge in [0.05, 0.1) is 4.90 Å². The van der Waals surface area contributed by atoms with Crippen molar-refractivity contribution in [1.82, 2.24) is 4.72 Å². The SMILES string of the molecule is Cc1ccccc1S(=O)(=O)NC(CCN)C(C)(C)C. The number of hydrogen-bond acceptors (Lipinski definition) is 3. The van der Waals surface area contributed by atoms with E-state index in [4.69, 9.17) is 5.73 Å². The van der Waals surface area contributed by atoms with Crippen LogP contribution in [0.25, 0.3) is 0 Å². The standard InChI is InChI=1S/C14H24N2O2S/c1-11-7-5-6-8-12(11)19(17,18)16-13(9-10-15)14(2,3)4/h5-8,13,16H,9-10,15H2,1-4H3. The maximum Gasteiger partial charge on any atom is 0.241 e. The van der Waals surface area contributed by atoms with Gasteiger partial charge in [0.15, 0.2) is 0 Å². The smallest absolute Gasteiger partial charge is 0.241 e. The van der Waals surface area contributed by atoms with Crippen LogP contribution in [0.3, 0.4) is 0 Å². The zero-order valence-corrected chi connectivity index (χ0v) is 12.9. The van der Waals surface area contributed by atoms with Crippen molar-refractivity contribution < 1.29 is 8.42 Å². The Balaban J connectivity index is 3.05. The molecule has 1 aromatic rings. The molecule has 0 spiro atoms. The highest BCUT2D eigenvalue weighted by atomic mass is 32.2. The Morgan fingerprint density at radius 1 is 1.26 bits per heavy atom. The molecule has 0 saturated heterocycles. The lowest BCUT2D eigenvalue weighted by Gasteiger charge is -2.31. The first-order chi connectivity index (χ1) is 8.68. The molecule has 4 nitrogen and oxygen atoms in total. The zero-order valence-electron chi connectivity index (χ0n) is 12.1. The van der Waals surface area contributed by atoms with Gasteiger partial charge in [0.2, 0.25) is 10.0 Å². The van der Waals surface area contributed by atoms with Crippen LogP contribution < -0.4 is 10.5 Å². The van der Waals surface area contributed by atoms with Crippen LogP contribution in [0.2, 0.25) is 0 Å². The quantitative estimate of drug-likeness (QED) is 0.869. The molecule has 0 amide bonds.